The van der Waals surface area contributed by atoms with E-state index in [1.165, 1.54) is 18.5 Å². The number of aromatic nitrogens is 4. The highest BCUT2D eigenvalue weighted by atomic mass is 19.3. The van der Waals surface area contributed by atoms with Crippen LogP contribution in [-0.4, -0.2) is 44.3 Å². The monoisotopic (exact) mass is 372 g/mol. The average molecular weight is 372 g/mol. The minimum atomic E-state index is -2.86. The van der Waals surface area contributed by atoms with E-state index in [1.807, 2.05) is 9.58 Å². The summed E-state index contributed by atoms with van der Waals surface area (Å²) in [6.07, 6.45) is 5.55. The molecule has 3 heterocycles. The van der Waals surface area contributed by atoms with Crippen molar-refractivity contribution in [1.29, 1.82) is 0 Å². The Morgan fingerprint density at radius 1 is 1.11 bits per heavy atom. The zero-order chi connectivity index (χ0) is 18.9. The standard InChI is InChI=1S/C19H22F2N6/c20-19(21,14-5-2-1-3-6-14)12-26-9-4-7-15(8-10-26)27-18-16(11-25-27)17(22)23-13-24-18/h1-3,5-6,11,13,15H,4,7-10,12H2,(H2,22,23,24). The molecule has 0 saturated carbocycles. The van der Waals surface area contributed by atoms with Crippen LogP contribution >= 0.6 is 0 Å². The zero-order valence-electron chi connectivity index (χ0n) is 14.9. The minimum Gasteiger partial charge on any atom is -0.383 e. The molecule has 1 aliphatic rings. The van der Waals surface area contributed by atoms with Crippen LogP contribution in [0.25, 0.3) is 11.0 Å². The summed E-state index contributed by atoms with van der Waals surface area (Å²) < 4.78 is 31.1. The lowest BCUT2D eigenvalue weighted by atomic mass is 10.1. The van der Waals surface area contributed by atoms with E-state index in [0.29, 0.717) is 24.6 Å². The van der Waals surface area contributed by atoms with Crippen LogP contribution in [0.3, 0.4) is 0 Å². The highest BCUT2D eigenvalue weighted by Crippen LogP contribution is 2.31. The van der Waals surface area contributed by atoms with Crippen LogP contribution in [-0.2, 0) is 5.92 Å². The lowest BCUT2D eigenvalue weighted by molar-refractivity contribution is -0.0373. The molecule has 142 valence electrons. The van der Waals surface area contributed by atoms with Crippen LogP contribution in [0.2, 0.25) is 0 Å². The minimum absolute atomic E-state index is 0.0658. The van der Waals surface area contributed by atoms with Crippen LogP contribution in [0.1, 0.15) is 30.9 Å². The Labute approximate surface area is 156 Å². The third-order valence-corrected chi connectivity index (χ3v) is 5.18. The second kappa shape index (κ2) is 7.19. The number of likely N-dealkylation sites (tertiary alicyclic amines) is 1. The second-order valence-corrected chi connectivity index (χ2v) is 7.02. The molecule has 0 bridgehead atoms. The van der Waals surface area contributed by atoms with E-state index in [1.54, 1.807) is 24.4 Å². The molecule has 4 rings (SSSR count). The van der Waals surface area contributed by atoms with Crippen molar-refractivity contribution in [2.75, 3.05) is 25.4 Å². The molecule has 1 fully saturated rings. The van der Waals surface area contributed by atoms with Crippen molar-refractivity contribution in [1.82, 2.24) is 24.6 Å². The number of fused-ring (bicyclic) bond motifs is 1. The highest BCUT2D eigenvalue weighted by Gasteiger charge is 2.34. The van der Waals surface area contributed by atoms with Crippen molar-refractivity contribution in [3.8, 4) is 0 Å². The van der Waals surface area contributed by atoms with Crippen molar-refractivity contribution < 1.29 is 8.78 Å². The average Bonchev–Trinajstić information content (AvgIpc) is 2.98. The molecule has 2 aromatic heterocycles. The Balaban J connectivity index is 1.47. The van der Waals surface area contributed by atoms with E-state index in [4.69, 9.17) is 5.73 Å². The van der Waals surface area contributed by atoms with Gasteiger partial charge in [-0.15, -0.1) is 0 Å². The number of alkyl halides is 2. The molecule has 1 aliphatic heterocycles. The van der Waals surface area contributed by atoms with Gasteiger partial charge in [0.1, 0.15) is 12.1 Å². The second-order valence-electron chi connectivity index (χ2n) is 7.02. The van der Waals surface area contributed by atoms with Gasteiger partial charge in [-0.25, -0.2) is 14.6 Å². The van der Waals surface area contributed by atoms with E-state index in [9.17, 15) is 8.78 Å². The molecule has 6 nitrogen and oxygen atoms in total. The number of rotatable bonds is 4. The first kappa shape index (κ1) is 17.8. The predicted octanol–water partition coefficient (Wildman–Crippen LogP) is 3.23. The summed E-state index contributed by atoms with van der Waals surface area (Å²) in [4.78, 5) is 10.1. The van der Waals surface area contributed by atoms with Gasteiger partial charge in [0.05, 0.1) is 24.2 Å². The number of halogens is 2. The summed E-state index contributed by atoms with van der Waals surface area (Å²) in [7, 11) is 0. The molecule has 1 atom stereocenters. The van der Waals surface area contributed by atoms with Gasteiger partial charge in [-0.3, -0.25) is 4.90 Å². The summed E-state index contributed by atoms with van der Waals surface area (Å²) in [5, 5.41) is 5.17. The topological polar surface area (TPSA) is 72.9 Å². The maximum Gasteiger partial charge on any atom is 0.285 e. The summed E-state index contributed by atoms with van der Waals surface area (Å²) in [5.41, 5.74) is 6.65. The molecule has 1 aromatic carbocycles. The first-order valence-electron chi connectivity index (χ1n) is 9.14. The molecule has 0 radical (unpaired) electrons. The van der Waals surface area contributed by atoms with Gasteiger partial charge in [-0.1, -0.05) is 30.3 Å². The Bertz CT molecular complexity index is 911. The summed E-state index contributed by atoms with van der Waals surface area (Å²) in [6.45, 7) is 0.975. The predicted molar refractivity (Wildman–Crippen MR) is 99.4 cm³/mol. The molecule has 2 N–H and O–H groups in total. The van der Waals surface area contributed by atoms with Gasteiger partial charge >= 0.3 is 0 Å². The van der Waals surface area contributed by atoms with E-state index in [2.05, 4.69) is 15.1 Å². The maximum atomic E-state index is 14.6. The van der Waals surface area contributed by atoms with Crippen molar-refractivity contribution in [2.24, 2.45) is 0 Å². The first-order chi connectivity index (χ1) is 13.0. The van der Waals surface area contributed by atoms with E-state index < -0.39 is 5.92 Å². The molecule has 1 unspecified atom stereocenters. The molecule has 3 aromatic rings. The van der Waals surface area contributed by atoms with Gasteiger partial charge in [0.2, 0.25) is 0 Å². The van der Waals surface area contributed by atoms with Crippen LogP contribution in [0, 0.1) is 0 Å². The molecule has 0 spiro atoms. The fraction of sp³-hybridized carbons (Fsp3) is 0.421. The van der Waals surface area contributed by atoms with Crippen molar-refractivity contribution in [3.05, 3.63) is 48.4 Å². The maximum absolute atomic E-state index is 14.6. The van der Waals surface area contributed by atoms with Gasteiger partial charge in [0.25, 0.3) is 5.92 Å². The third kappa shape index (κ3) is 3.62. The van der Waals surface area contributed by atoms with E-state index >= 15 is 0 Å². The molecule has 27 heavy (non-hydrogen) atoms. The summed E-state index contributed by atoms with van der Waals surface area (Å²) in [5.74, 6) is -2.45. The lowest BCUT2D eigenvalue weighted by Crippen LogP contribution is -2.36. The Kier molecular flexibility index (Phi) is 4.73. The molecule has 0 aliphatic carbocycles. The summed E-state index contributed by atoms with van der Waals surface area (Å²) >= 11 is 0. The summed E-state index contributed by atoms with van der Waals surface area (Å²) in [6, 6.07) is 8.14. The van der Waals surface area contributed by atoms with E-state index in [-0.39, 0.29) is 18.2 Å². The number of hydrogen-bond donors (Lipinski definition) is 1. The van der Waals surface area contributed by atoms with Crippen molar-refractivity contribution in [3.63, 3.8) is 0 Å². The smallest absolute Gasteiger partial charge is 0.285 e. The van der Waals surface area contributed by atoms with Gasteiger partial charge < -0.3 is 5.73 Å². The number of benzene rings is 1. The number of nitrogens with zero attached hydrogens (tertiary/aromatic N) is 5. The third-order valence-electron chi connectivity index (χ3n) is 5.18. The van der Waals surface area contributed by atoms with Crippen LogP contribution in [0.15, 0.2) is 42.9 Å². The van der Waals surface area contributed by atoms with Crippen molar-refractivity contribution in [2.45, 2.75) is 31.2 Å². The van der Waals surface area contributed by atoms with Crippen LogP contribution in [0.4, 0.5) is 14.6 Å². The number of anilines is 1. The molecule has 1 saturated heterocycles. The Hall–Kier alpha value is -2.61. The van der Waals surface area contributed by atoms with Crippen molar-refractivity contribution >= 4 is 16.9 Å². The SMILES string of the molecule is Nc1ncnc2c1cnn2C1CCCN(CC(F)(F)c2ccccc2)CC1. The number of hydrogen-bond acceptors (Lipinski definition) is 5. The van der Waals surface area contributed by atoms with Gasteiger partial charge in [-0.05, 0) is 25.8 Å². The Morgan fingerprint density at radius 2 is 1.93 bits per heavy atom. The van der Waals surface area contributed by atoms with E-state index in [0.717, 1.165) is 24.6 Å². The fourth-order valence-corrected chi connectivity index (χ4v) is 3.74. The molecular formula is C19H22F2N6. The number of nitrogens with two attached hydrogens (primary N) is 1. The highest BCUT2D eigenvalue weighted by molar-refractivity contribution is 5.84. The largest absolute Gasteiger partial charge is 0.383 e. The lowest BCUT2D eigenvalue weighted by Gasteiger charge is -2.26. The van der Waals surface area contributed by atoms with Gasteiger partial charge in [-0.2, -0.15) is 13.9 Å². The zero-order valence-corrected chi connectivity index (χ0v) is 14.9. The first-order valence-corrected chi connectivity index (χ1v) is 9.14. The molecule has 8 heteroatoms. The van der Waals surface area contributed by atoms with Crippen LogP contribution < -0.4 is 5.73 Å². The Morgan fingerprint density at radius 3 is 2.74 bits per heavy atom. The molecule has 0 amide bonds. The molecular weight excluding hydrogens is 350 g/mol. The quantitative estimate of drug-likeness (QED) is 0.761. The van der Waals surface area contributed by atoms with Gasteiger partial charge in [0, 0.05) is 12.1 Å². The fourth-order valence-electron chi connectivity index (χ4n) is 3.74. The number of nitrogen functional groups attached to an aromatic ring is 1. The normalized spacial score (nSPS) is 19.3. The van der Waals surface area contributed by atoms with Crippen LogP contribution in [0.5, 0.6) is 0 Å². The van der Waals surface area contributed by atoms with Gasteiger partial charge in [0.15, 0.2) is 5.65 Å².